The lowest BCUT2D eigenvalue weighted by Crippen LogP contribution is -2.40. The van der Waals surface area contributed by atoms with Gasteiger partial charge in [0, 0.05) is 37.2 Å². The number of fused-ring (bicyclic) bond motifs is 1. The Balaban J connectivity index is 1.94. The highest BCUT2D eigenvalue weighted by molar-refractivity contribution is 7.97. The predicted molar refractivity (Wildman–Crippen MR) is 123 cm³/mol. The van der Waals surface area contributed by atoms with Crippen molar-refractivity contribution in [1.29, 1.82) is 0 Å². The smallest absolute Gasteiger partial charge is 0.332 e. The van der Waals surface area contributed by atoms with E-state index in [1.165, 1.54) is 16.5 Å². The first-order chi connectivity index (χ1) is 15.1. The second-order valence-electron chi connectivity index (χ2n) is 7.53. The highest BCUT2D eigenvalue weighted by Gasteiger charge is 2.23. The first-order valence-corrected chi connectivity index (χ1v) is 11.5. The zero-order valence-electron chi connectivity index (χ0n) is 17.8. The van der Waals surface area contributed by atoms with Gasteiger partial charge in [0.2, 0.25) is 5.95 Å². The summed E-state index contributed by atoms with van der Waals surface area (Å²) in [5.74, 6) is 0.589. The van der Waals surface area contributed by atoms with E-state index in [1.807, 2.05) is 35.8 Å². The zero-order valence-corrected chi connectivity index (χ0v) is 18.7. The van der Waals surface area contributed by atoms with Crippen molar-refractivity contribution >= 4 is 29.1 Å². The maximum absolute atomic E-state index is 13.3. The third-order valence-corrected chi connectivity index (χ3v) is 6.38. The van der Waals surface area contributed by atoms with Crippen molar-refractivity contribution in [2.45, 2.75) is 57.3 Å². The molecule has 0 atom stereocenters. The zero-order chi connectivity index (χ0) is 22.0. The van der Waals surface area contributed by atoms with Gasteiger partial charge in [-0.05, 0) is 50.3 Å². The van der Waals surface area contributed by atoms with Crippen molar-refractivity contribution in [3.8, 4) is 0 Å². The molecule has 3 heterocycles. The summed E-state index contributed by atoms with van der Waals surface area (Å²) in [6, 6.07) is 8.03. The molecule has 1 saturated heterocycles. The third-order valence-electron chi connectivity index (χ3n) is 5.73. The first-order valence-electron chi connectivity index (χ1n) is 10.6. The van der Waals surface area contributed by atoms with Gasteiger partial charge in [0.1, 0.15) is 0 Å². The molecule has 0 saturated carbocycles. The molecular formula is C21H28N6O3S. The number of aryl methyl sites for hydroxylation is 1. The summed E-state index contributed by atoms with van der Waals surface area (Å²) in [5.41, 5.74) is 1.17. The molecule has 166 valence electrons. The second kappa shape index (κ2) is 9.29. The summed E-state index contributed by atoms with van der Waals surface area (Å²) in [4.78, 5) is 31.9. The van der Waals surface area contributed by atoms with Crippen LogP contribution in [0.3, 0.4) is 0 Å². The summed E-state index contributed by atoms with van der Waals surface area (Å²) in [5, 5.41) is 9.37. The number of hydrogen-bond acceptors (Lipinski definition) is 7. The molecule has 10 heteroatoms. The largest absolute Gasteiger partial charge is 0.381 e. The minimum atomic E-state index is -0.331. The molecule has 9 nitrogen and oxygen atoms in total. The van der Waals surface area contributed by atoms with Gasteiger partial charge in [-0.25, -0.2) is 4.79 Å². The van der Waals surface area contributed by atoms with Crippen LogP contribution in [-0.2, 0) is 24.4 Å². The average Bonchev–Trinajstić information content (AvgIpc) is 3.13. The number of nitrogens with zero attached hydrogens (tertiary/aromatic N) is 4. The van der Waals surface area contributed by atoms with Crippen LogP contribution in [0.25, 0.3) is 11.2 Å². The average molecular weight is 445 g/mol. The van der Waals surface area contributed by atoms with Crippen LogP contribution in [-0.4, -0.2) is 37.9 Å². The van der Waals surface area contributed by atoms with Gasteiger partial charge in [-0.3, -0.25) is 23.6 Å². The lowest BCUT2D eigenvalue weighted by atomic mass is 10.1. The van der Waals surface area contributed by atoms with E-state index in [1.54, 1.807) is 11.5 Å². The SMILES string of the molecule is CCn1c(=O)c2c(nc(NC3CCOCC3)n2Cc2ccccc2SN)n(CC)c1=O. The summed E-state index contributed by atoms with van der Waals surface area (Å²) in [6.45, 7) is 6.21. The van der Waals surface area contributed by atoms with Gasteiger partial charge in [-0.1, -0.05) is 18.2 Å². The molecule has 1 aliphatic heterocycles. The number of hydrogen-bond donors (Lipinski definition) is 2. The maximum atomic E-state index is 13.3. The Morgan fingerprint density at radius 2 is 1.84 bits per heavy atom. The van der Waals surface area contributed by atoms with E-state index in [0.29, 0.717) is 50.0 Å². The summed E-state index contributed by atoms with van der Waals surface area (Å²) < 4.78 is 10.2. The Morgan fingerprint density at radius 3 is 2.52 bits per heavy atom. The number of benzene rings is 1. The minimum absolute atomic E-state index is 0.193. The molecule has 0 amide bonds. The molecule has 0 bridgehead atoms. The van der Waals surface area contributed by atoms with Crippen LogP contribution >= 0.6 is 11.9 Å². The standard InChI is InChI=1S/C21H28N6O3S/c1-3-25-18-17(19(28)26(4-2)21(25)29)27(13-14-7-5-6-8-16(14)31-22)20(24-18)23-15-9-11-30-12-10-15/h5-8,15H,3-4,9-13,22H2,1-2H3,(H,23,24). The van der Waals surface area contributed by atoms with E-state index >= 15 is 0 Å². The van der Waals surface area contributed by atoms with Gasteiger partial charge in [0.05, 0.1) is 6.54 Å². The van der Waals surface area contributed by atoms with Crippen molar-refractivity contribution < 1.29 is 4.74 Å². The fourth-order valence-electron chi connectivity index (χ4n) is 4.06. The molecular weight excluding hydrogens is 416 g/mol. The van der Waals surface area contributed by atoms with Crippen LogP contribution < -0.4 is 21.7 Å². The summed E-state index contributed by atoms with van der Waals surface area (Å²) in [6.07, 6.45) is 1.72. The molecule has 1 fully saturated rings. The quantitative estimate of drug-likeness (QED) is 0.537. The van der Waals surface area contributed by atoms with Crippen LogP contribution in [0.5, 0.6) is 0 Å². The highest BCUT2D eigenvalue weighted by Crippen LogP contribution is 2.24. The molecule has 3 N–H and O–H groups in total. The summed E-state index contributed by atoms with van der Waals surface area (Å²) >= 11 is 1.18. The molecule has 0 radical (unpaired) electrons. The highest BCUT2D eigenvalue weighted by atomic mass is 32.2. The van der Waals surface area contributed by atoms with Crippen LogP contribution in [0.4, 0.5) is 5.95 Å². The van der Waals surface area contributed by atoms with E-state index in [9.17, 15) is 9.59 Å². The van der Waals surface area contributed by atoms with Gasteiger partial charge in [0.15, 0.2) is 11.2 Å². The van der Waals surface area contributed by atoms with Gasteiger partial charge in [-0.2, -0.15) is 4.98 Å². The van der Waals surface area contributed by atoms with Gasteiger partial charge >= 0.3 is 5.69 Å². The molecule has 31 heavy (non-hydrogen) atoms. The fourth-order valence-corrected chi connectivity index (χ4v) is 4.50. The summed E-state index contributed by atoms with van der Waals surface area (Å²) in [7, 11) is 0. The number of anilines is 1. The number of imidazole rings is 1. The Bertz CT molecular complexity index is 1190. The molecule has 4 rings (SSSR count). The van der Waals surface area contributed by atoms with Gasteiger partial charge < -0.3 is 10.1 Å². The molecule has 1 aromatic carbocycles. The van der Waals surface area contributed by atoms with Gasteiger partial charge in [-0.15, -0.1) is 0 Å². The number of nitrogens with one attached hydrogen (secondary N) is 1. The van der Waals surface area contributed by atoms with Crippen LogP contribution in [0.1, 0.15) is 32.3 Å². The van der Waals surface area contributed by atoms with Crippen molar-refractivity contribution in [2.75, 3.05) is 18.5 Å². The third kappa shape index (κ3) is 4.02. The second-order valence-corrected chi connectivity index (χ2v) is 8.20. The molecule has 3 aromatic rings. The van der Waals surface area contributed by atoms with Crippen molar-refractivity contribution in [3.05, 3.63) is 50.7 Å². The number of nitrogens with two attached hydrogens (primary N) is 1. The maximum Gasteiger partial charge on any atom is 0.332 e. The normalized spacial score (nSPS) is 14.9. The monoisotopic (exact) mass is 444 g/mol. The topological polar surface area (TPSA) is 109 Å². The van der Waals surface area contributed by atoms with Crippen molar-refractivity contribution in [2.24, 2.45) is 5.14 Å². The Labute approximate surface area is 184 Å². The first kappa shape index (κ1) is 21.7. The van der Waals surface area contributed by atoms with E-state index < -0.39 is 0 Å². The van der Waals surface area contributed by atoms with Crippen molar-refractivity contribution in [1.82, 2.24) is 18.7 Å². The molecule has 0 unspecified atom stereocenters. The van der Waals surface area contributed by atoms with Crippen LogP contribution in [0, 0.1) is 0 Å². The van der Waals surface area contributed by atoms with E-state index in [2.05, 4.69) is 5.32 Å². The number of aromatic nitrogens is 4. The molecule has 2 aromatic heterocycles. The number of ether oxygens (including phenoxy) is 1. The Morgan fingerprint density at radius 1 is 1.13 bits per heavy atom. The number of rotatable bonds is 7. The van der Waals surface area contributed by atoms with E-state index in [0.717, 1.165) is 23.3 Å². The molecule has 1 aliphatic rings. The Hall–Kier alpha value is -2.56. The molecule has 0 spiro atoms. The van der Waals surface area contributed by atoms with Crippen LogP contribution in [0.15, 0.2) is 38.8 Å². The van der Waals surface area contributed by atoms with Crippen LogP contribution in [0.2, 0.25) is 0 Å². The minimum Gasteiger partial charge on any atom is -0.381 e. The van der Waals surface area contributed by atoms with E-state index in [-0.39, 0.29) is 17.3 Å². The predicted octanol–water partition coefficient (Wildman–Crippen LogP) is 2.00. The fraction of sp³-hybridized carbons (Fsp3) is 0.476. The lowest BCUT2D eigenvalue weighted by Gasteiger charge is -2.24. The van der Waals surface area contributed by atoms with Gasteiger partial charge in [0.25, 0.3) is 5.56 Å². The lowest BCUT2D eigenvalue weighted by molar-refractivity contribution is 0.0902. The van der Waals surface area contributed by atoms with Crippen molar-refractivity contribution in [3.63, 3.8) is 0 Å². The van der Waals surface area contributed by atoms with E-state index in [4.69, 9.17) is 14.9 Å². The molecule has 0 aliphatic carbocycles. The Kier molecular flexibility index (Phi) is 6.49.